The van der Waals surface area contributed by atoms with Crippen molar-refractivity contribution >= 4 is 29.3 Å². The summed E-state index contributed by atoms with van der Waals surface area (Å²) in [7, 11) is 6.26. The lowest BCUT2D eigenvalue weighted by Gasteiger charge is -2.41. The summed E-state index contributed by atoms with van der Waals surface area (Å²) in [6, 6.07) is 9.56. The van der Waals surface area contributed by atoms with Gasteiger partial charge in [0.2, 0.25) is 0 Å². The molecule has 2 rings (SSSR count). The van der Waals surface area contributed by atoms with E-state index in [1.165, 1.54) is 25.2 Å². The number of hydrogen-bond donors (Lipinski definition) is 0. The standard InChI is InChI=1S/C15H18N2O4S/c1-16(11-8-6-5-7-9-11)15(21-4)17(2)14(19)12(22-15)10-13(18)20-3/h5-10H,1-4H3. The highest BCUT2D eigenvalue weighted by Crippen LogP contribution is 2.46. The average Bonchev–Trinajstić information content (AvgIpc) is 2.80. The van der Waals surface area contributed by atoms with E-state index < -0.39 is 11.2 Å². The summed E-state index contributed by atoms with van der Waals surface area (Å²) in [6.45, 7) is 0. The fraction of sp³-hybridized carbons (Fsp3) is 0.333. The van der Waals surface area contributed by atoms with Gasteiger partial charge >= 0.3 is 5.97 Å². The lowest BCUT2D eigenvalue weighted by molar-refractivity contribution is -0.138. The number of thioether (sulfide) groups is 1. The Kier molecular flexibility index (Phi) is 4.77. The molecule has 7 heteroatoms. The summed E-state index contributed by atoms with van der Waals surface area (Å²) in [5.41, 5.74) is 0.885. The van der Waals surface area contributed by atoms with Crippen molar-refractivity contribution in [3.05, 3.63) is 41.3 Å². The molecule has 0 spiro atoms. The number of carbonyl (C=O) groups is 2. The van der Waals surface area contributed by atoms with Crippen LogP contribution in [0, 0.1) is 0 Å². The van der Waals surface area contributed by atoms with E-state index >= 15 is 0 Å². The number of anilines is 1. The van der Waals surface area contributed by atoms with Crippen LogP contribution in [0.1, 0.15) is 0 Å². The zero-order valence-electron chi connectivity index (χ0n) is 12.9. The Labute approximate surface area is 133 Å². The Bertz CT molecular complexity index is 605. The maximum absolute atomic E-state index is 12.4. The Morgan fingerprint density at radius 3 is 2.50 bits per heavy atom. The van der Waals surface area contributed by atoms with Gasteiger partial charge in [-0.2, -0.15) is 0 Å². The normalized spacial score (nSPS) is 23.0. The van der Waals surface area contributed by atoms with Crippen LogP contribution in [-0.2, 0) is 19.1 Å². The second-order valence-corrected chi connectivity index (χ2v) is 5.82. The predicted octanol–water partition coefficient (Wildman–Crippen LogP) is 1.64. The van der Waals surface area contributed by atoms with Crippen LogP contribution in [-0.4, -0.2) is 50.3 Å². The molecule has 0 N–H and O–H groups in total. The van der Waals surface area contributed by atoms with E-state index in [1.54, 1.807) is 7.05 Å². The van der Waals surface area contributed by atoms with Crippen molar-refractivity contribution < 1.29 is 19.1 Å². The Hall–Kier alpha value is -1.99. The maximum Gasteiger partial charge on any atom is 0.331 e. The number of hydrogen-bond acceptors (Lipinski definition) is 6. The van der Waals surface area contributed by atoms with Gasteiger partial charge in [0, 0.05) is 33.0 Å². The van der Waals surface area contributed by atoms with Crippen LogP contribution in [0.5, 0.6) is 0 Å². The lowest BCUT2D eigenvalue weighted by atomic mass is 10.3. The molecule has 1 aromatic carbocycles. The molecule has 0 bridgehead atoms. The molecule has 22 heavy (non-hydrogen) atoms. The van der Waals surface area contributed by atoms with Crippen molar-refractivity contribution in [2.24, 2.45) is 0 Å². The second kappa shape index (κ2) is 6.41. The zero-order chi connectivity index (χ0) is 16.3. The molecule has 1 aromatic rings. The molecule has 6 nitrogen and oxygen atoms in total. The third-order valence-corrected chi connectivity index (χ3v) is 4.96. The fourth-order valence-electron chi connectivity index (χ4n) is 2.23. The molecule has 0 radical (unpaired) electrons. The molecule has 0 aromatic heterocycles. The number of esters is 1. The summed E-state index contributed by atoms with van der Waals surface area (Å²) < 4.78 is 10.2. The van der Waals surface area contributed by atoms with Crippen molar-refractivity contribution in [1.82, 2.24) is 4.90 Å². The van der Waals surface area contributed by atoms with E-state index in [-0.39, 0.29) is 10.8 Å². The minimum Gasteiger partial charge on any atom is -0.466 e. The van der Waals surface area contributed by atoms with E-state index in [0.29, 0.717) is 0 Å². The smallest absolute Gasteiger partial charge is 0.331 e. The van der Waals surface area contributed by atoms with Gasteiger partial charge in [0.05, 0.1) is 12.0 Å². The van der Waals surface area contributed by atoms with E-state index in [9.17, 15) is 9.59 Å². The van der Waals surface area contributed by atoms with Crippen LogP contribution in [0.3, 0.4) is 0 Å². The molecule has 0 aliphatic carbocycles. The molecule has 1 aliphatic rings. The van der Waals surface area contributed by atoms with Gasteiger partial charge in [0.1, 0.15) is 0 Å². The number of nitrogens with zero attached hydrogens (tertiary/aromatic N) is 2. The number of amides is 1. The van der Waals surface area contributed by atoms with E-state index in [1.807, 2.05) is 42.3 Å². The Morgan fingerprint density at radius 2 is 1.95 bits per heavy atom. The molecule has 1 heterocycles. The number of methoxy groups -OCH3 is 2. The number of ether oxygens (including phenoxy) is 2. The molecule has 1 fully saturated rings. The maximum atomic E-state index is 12.4. The van der Waals surface area contributed by atoms with Crippen LogP contribution >= 0.6 is 11.8 Å². The summed E-state index contributed by atoms with van der Waals surface area (Å²) in [6.07, 6.45) is 1.18. The summed E-state index contributed by atoms with van der Waals surface area (Å²) in [4.78, 5) is 27.4. The van der Waals surface area contributed by atoms with Crippen molar-refractivity contribution in [2.75, 3.05) is 33.2 Å². The van der Waals surface area contributed by atoms with Crippen molar-refractivity contribution in [3.63, 3.8) is 0 Å². The van der Waals surface area contributed by atoms with Gasteiger partial charge in [-0.1, -0.05) is 18.2 Å². The Balaban J connectivity index is 2.40. The second-order valence-electron chi connectivity index (χ2n) is 4.65. The van der Waals surface area contributed by atoms with Gasteiger partial charge in [-0.05, 0) is 23.9 Å². The highest BCUT2D eigenvalue weighted by atomic mass is 32.2. The Morgan fingerprint density at radius 1 is 1.32 bits per heavy atom. The monoisotopic (exact) mass is 322 g/mol. The minimum atomic E-state index is -1.06. The van der Waals surface area contributed by atoms with Gasteiger partial charge in [-0.3, -0.25) is 9.69 Å². The van der Waals surface area contributed by atoms with Crippen molar-refractivity contribution in [3.8, 4) is 0 Å². The van der Waals surface area contributed by atoms with Crippen molar-refractivity contribution in [1.29, 1.82) is 0 Å². The van der Waals surface area contributed by atoms with Crippen LogP contribution < -0.4 is 4.90 Å². The van der Waals surface area contributed by atoms with Crippen LogP contribution in [0.15, 0.2) is 41.3 Å². The molecule has 1 amide bonds. The predicted molar refractivity (Wildman–Crippen MR) is 85.0 cm³/mol. The SMILES string of the molecule is COC(=O)C=C1SC(OC)(N(C)c2ccccc2)N(C)C1=O. The van der Waals surface area contributed by atoms with Gasteiger partial charge in [0.25, 0.3) is 11.1 Å². The number of para-hydroxylation sites is 1. The van der Waals surface area contributed by atoms with Gasteiger partial charge in [-0.25, -0.2) is 4.79 Å². The van der Waals surface area contributed by atoms with Crippen LogP contribution in [0.4, 0.5) is 5.69 Å². The van der Waals surface area contributed by atoms with Gasteiger partial charge in [-0.15, -0.1) is 0 Å². The third kappa shape index (κ3) is 2.69. The largest absolute Gasteiger partial charge is 0.466 e. The first-order chi connectivity index (χ1) is 10.5. The van der Waals surface area contributed by atoms with Crippen molar-refractivity contribution in [2.45, 2.75) is 5.18 Å². The first kappa shape index (κ1) is 16.4. The lowest BCUT2D eigenvalue weighted by Crippen LogP contribution is -2.55. The molecule has 0 saturated carbocycles. The fourth-order valence-corrected chi connectivity index (χ4v) is 3.44. The van der Waals surface area contributed by atoms with Gasteiger partial charge < -0.3 is 14.4 Å². The average molecular weight is 322 g/mol. The summed E-state index contributed by atoms with van der Waals surface area (Å²) >= 11 is 1.16. The molecular weight excluding hydrogens is 304 g/mol. The van der Waals surface area contributed by atoms with E-state index in [0.717, 1.165) is 17.4 Å². The molecule has 1 saturated heterocycles. The molecule has 118 valence electrons. The first-order valence-electron chi connectivity index (χ1n) is 6.57. The molecule has 1 aliphatic heterocycles. The number of benzene rings is 1. The summed E-state index contributed by atoms with van der Waals surface area (Å²) in [5, 5.41) is -1.06. The van der Waals surface area contributed by atoms with Crippen LogP contribution in [0.2, 0.25) is 0 Å². The highest BCUT2D eigenvalue weighted by molar-refractivity contribution is 8.05. The van der Waals surface area contributed by atoms with E-state index in [2.05, 4.69) is 4.74 Å². The molecule has 1 unspecified atom stereocenters. The zero-order valence-corrected chi connectivity index (χ0v) is 13.7. The third-order valence-electron chi connectivity index (χ3n) is 3.47. The molecule has 1 atom stereocenters. The number of likely N-dealkylation sites (N-methyl/N-ethyl adjacent to an activating group) is 1. The first-order valence-corrected chi connectivity index (χ1v) is 7.38. The number of carbonyl (C=O) groups excluding carboxylic acids is 2. The van der Waals surface area contributed by atoms with E-state index in [4.69, 9.17) is 4.74 Å². The highest BCUT2D eigenvalue weighted by Gasteiger charge is 2.51. The quantitative estimate of drug-likeness (QED) is 0.477. The summed E-state index contributed by atoms with van der Waals surface area (Å²) in [5.74, 6) is -0.862. The van der Waals surface area contributed by atoms with Crippen LogP contribution in [0.25, 0.3) is 0 Å². The number of rotatable bonds is 4. The molecular formula is C15H18N2O4S. The minimum absolute atomic E-state index is 0.277. The van der Waals surface area contributed by atoms with Gasteiger partial charge in [0.15, 0.2) is 0 Å². The topological polar surface area (TPSA) is 59.1 Å².